The Labute approximate surface area is 213 Å². The second kappa shape index (κ2) is 10.2. The summed E-state index contributed by atoms with van der Waals surface area (Å²) in [4.78, 5) is 40.9. The van der Waals surface area contributed by atoms with Gasteiger partial charge in [0.15, 0.2) is 0 Å². The number of carbonyl (C=O) groups is 3. The van der Waals surface area contributed by atoms with Crippen molar-refractivity contribution in [2.24, 2.45) is 0 Å². The van der Waals surface area contributed by atoms with Crippen LogP contribution >= 0.6 is 0 Å². The number of hydrogen-bond acceptors (Lipinski definition) is 4. The molecule has 1 N–H and O–H groups in total. The minimum Gasteiger partial charge on any atom is -0.342 e. The second-order valence-electron chi connectivity index (χ2n) is 9.06. The minimum absolute atomic E-state index is 0.114. The number of rotatable bonds is 8. The molecular weight excluding hydrogens is 471 g/mol. The number of carbonyl (C=O) groups excluding carboxylic acids is 3. The van der Waals surface area contributed by atoms with Gasteiger partial charge in [-0.2, -0.15) is 5.10 Å². The molecule has 0 fully saturated rings. The summed E-state index contributed by atoms with van der Waals surface area (Å²) in [5.74, 6) is -1.03. The van der Waals surface area contributed by atoms with Gasteiger partial charge in [0.05, 0.1) is 23.4 Å². The molecule has 37 heavy (non-hydrogen) atoms. The van der Waals surface area contributed by atoms with E-state index in [1.54, 1.807) is 72.6 Å². The molecule has 0 atom stereocenters. The maximum absolute atomic E-state index is 13.5. The second-order valence-corrected chi connectivity index (χ2v) is 9.06. The Morgan fingerprint density at radius 3 is 2.32 bits per heavy atom. The Morgan fingerprint density at radius 1 is 0.946 bits per heavy atom. The van der Waals surface area contributed by atoms with Crippen LogP contribution in [0.5, 0.6) is 0 Å². The number of hydrogen-bond donors (Lipinski definition) is 1. The number of benzene rings is 3. The minimum atomic E-state index is -0.307. The van der Waals surface area contributed by atoms with Gasteiger partial charge in [-0.05, 0) is 60.9 Å². The van der Waals surface area contributed by atoms with E-state index in [0.717, 1.165) is 17.7 Å². The fourth-order valence-electron chi connectivity index (χ4n) is 4.43. The van der Waals surface area contributed by atoms with Gasteiger partial charge in [0.25, 0.3) is 17.7 Å². The van der Waals surface area contributed by atoms with Crippen LogP contribution in [-0.2, 0) is 13.0 Å². The predicted molar refractivity (Wildman–Crippen MR) is 136 cm³/mol. The number of nitrogens with zero attached hydrogens (tertiary/aromatic N) is 3. The van der Waals surface area contributed by atoms with Crippen molar-refractivity contribution in [1.82, 2.24) is 20.0 Å². The maximum atomic E-state index is 13.5. The fraction of sp³-hybridized carbons (Fsp3) is 0.172. The van der Waals surface area contributed by atoms with E-state index in [0.29, 0.717) is 40.9 Å². The molecule has 8 heteroatoms. The average Bonchev–Trinajstić information content (AvgIpc) is 3.48. The van der Waals surface area contributed by atoms with Crippen LogP contribution < -0.4 is 0 Å². The summed E-state index contributed by atoms with van der Waals surface area (Å²) in [6.45, 7) is 0.697. The molecule has 0 spiro atoms. The highest BCUT2D eigenvalue weighted by molar-refractivity contribution is 6.21. The summed E-state index contributed by atoms with van der Waals surface area (Å²) in [5, 5.41) is 7.23. The molecule has 0 bridgehead atoms. The van der Waals surface area contributed by atoms with Crippen molar-refractivity contribution >= 4 is 17.7 Å². The third-order valence-corrected chi connectivity index (χ3v) is 6.46. The molecule has 0 saturated carbocycles. The van der Waals surface area contributed by atoms with Crippen molar-refractivity contribution in [2.45, 2.75) is 19.4 Å². The monoisotopic (exact) mass is 496 g/mol. The summed E-state index contributed by atoms with van der Waals surface area (Å²) in [6.07, 6.45) is 1.42. The molecule has 1 aliphatic rings. The number of aromatic amines is 1. The Bertz CT molecular complexity index is 1440. The summed E-state index contributed by atoms with van der Waals surface area (Å²) >= 11 is 0. The Kier molecular flexibility index (Phi) is 6.64. The number of aromatic nitrogens is 2. The van der Waals surface area contributed by atoms with E-state index in [1.165, 1.54) is 17.0 Å². The van der Waals surface area contributed by atoms with Crippen molar-refractivity contribution in [1.29, 1.82) is 0 Å². The number of H-pyrrole nitrogens is 1. The standard InChI is InChI=1S/C29H25FN4O3/c1-33(15-5-8-23-17-26(32-31-23)21-6-4-7-22(30)16-21)27(35)20-13-11-19(12-14-20)18-34-28(36)24-9-2-3-10-25(24)29(34)37/h2-4,6-7,9-14,16-17H,5,8,15,18H2,1H3,(H,31,32). The SMILES string of the molecule is CN(CCCc1cc(-c2cccc(F)c2)n[nH]1)C(=O)c1ccc(CN2C(=O)c3ccccc3C2=O)cc1. The first kappa shape index (κ1) is 24.1. The number of amides is 3. The lowest BCUT2D eigenvalue weighted by Gasteiger charge is -2.18. The van der Waals surface area contributed by atoms with Crippen LogP contribution in [0.15, 0.2) is 78.9 Å². The average molecular weight is 497 g/mol. The van der Waals surface area contributed by atoms with Gasteiger partial charge in [0.2, 0.25) is 0 Å². The van der Waals surface area contributed by atoms with E-state index >= 15 is 0 Å². The van der Waals surface area contributed by atoms with Crippen LogP contribution in [0.2, 0.25) is 0 Å². The molecule has 0 saturated heterocycles. The molecule has 1 aliphatic heterocycles. The smallest absolute Gasteiger partial charge is 0.261 e. The van der Waals surface area contributed by atoms with Crippen molar-refractivity contribution in [2.75, 3.05) is 13.6 Å². The molecule has 0 aliphatic carbocycles. The maximum Gasteiger partial charge on any atom is 0.261 e. The van der Waals surface area contributed by atoms with Crippen molar-refractivity contribution in [3.05, 3.63) is 113 Å². The van der Waals surface area contributed by atoms with E-state index in [9.17, 15) is 18.8 Å². The lowest BCUT2D eigenvalue weighted by Crippen LogP contribution is -2.29. The van der Waals surface area contributed by atoms with Gasteiger partial charge in [-0.15, -0.1) is 0 Å². The number of aryl methyl sites for hydroxylation is 1. The largest absolute Gasteiger partial charge is 0.342 e. The molecule has 3 amide bonds. The van der Waals surface area contributed by atoms with Crippen LogP contribution in [-0.4, -0.2) is 51.3 Å². The number of nitrogens with one attached hydrogen (secondary N) is 1. The predicted octanol–water partition coefficient (Wildman–Crippen LogP) is 4.72. The molecular formula is C29H25FN4O3. The first-order valence-electron chi connectivity index (χ1n) is 12.0. The molecule has 7 nitrogen and oxygen atoms in total. The van der Waals surface area contributed by atoms with Gasteiger partial charge in [0.1, 0.15) is 5.82 Å². The lowest BCUT2D eigenvalue weighted by atomic mass is 10.1. The molecule has 0 radical (unpaired) electrons. The molecule has 0 unspecified atom stereocenters. The number of fused-ring (bicyclic) bond motifs is 1. The zero-order chi connectivity index (χ0) is 25.9. The third kappa shape index (κ3) is 5.04. The molecule has 1 aromatic heterocycles. The number of halogens is 1. The van der Waals surface area contributed by atoms with E-state index in [-0.39, 0.29) is 30.1 Å². The molecule has 5 rings (SSSR count). The molecule has 2 heterocycles. The summed E-state index contributed by atoms with van der Waals surface area (Å²) in [7, 11) is 1.75. The van der Waals surface area contributed by atoms with Crippen molar-refractivity contribution in [3.8, 4) is 11.3 Å². The highest BCUT2D eigenvalue weighted by Gasteiger charge is 2.34. The van der Waals surface area contributed by atoms with E-state index in [1.807, 2.05) is 6.07 Å². The zero-order valence-electron chi connectivity index (χ0n) is 20.3. The molecule has 4 aromatic rings. The van der Waals surface area contributed by atoms with Gasteiger partial charge in [-0.25, -0.2) is 4.39 Å². The van der Waals surface area contributed by atoms with Gasteiger partial charge in [0, 0.05) is 30.4 Å². The van der Waals surface area contributed by atoms with Gasteiger partial charge in [-0.1, -0.05) is 36.4 Å². The Hall–Kier alpha value is -4.59. The first-order chi connectivity index (χ1) is 17.9. The normalized spacial score (nSPS) is 12.6. The molecule has 186 valence electrons. The van der Waals surface area contributed by atoms with Crippen LogP contribution in [0.1, 0.15) is 48.8 Å². The van der Waals surface area contributed by atoms with Crippen LogP contribution in [0, 0.1) is 5.82 Å². The summed E-state index contributed by atoms with van der Waals surface area (Å²) in [5.41, 5.74) is 4.44. The van der Waals surface area contributed by atoms with Crippen LogP contribution in [0.3, 0.4) is 0 Å². The Morgan fingerprint density at radius 2 is 1.65 bits per heavy atom. The Balaban J connectivity index is 1.14. The highest BCUT2D eigenvalue weighted by atomic mass is 19.1. The van der Waals surface area contributed by atoms with Gasteiger partial charge >= 0.3 is 0 Å². The summed E-state index contributed by atoms with van der Waals surface area (Å²) < 4.78 is 13.5. The van der Waals surface area contributed by atoms with Gasteiger partial charge < -0.3 is 4.90 Å². The lowest BCUT2D eigenvalue weighted by molar-refractivity contribution is 0.0641. The topological polar surface area (TPSA) is 86.4 Å². The molecule has 3 aromatic carbocycles. The highest BCUT2D eigenvalue weighted by Crippen LogP contribution is 2.24. The summed E-state index contributed by atoms with van der Waals surface area (Å²) in [6, 6.07) is 21.9. The quantitative estimate of drug-likeness (QED) is 0.358. The van der Waals surface area contributed by atoms with E-state index < -0.39 is 0 Å². The van der Waals surface area contributed by atoms with Gasteiger partial charge in [-0.3, -0.25) is 24.4 Å². The fourth-order valence-corrected chi connectivity index (χ4v) is 4.43. The zero-order valence-corrected chi connectivity index (χ0v) is 20.3. The van der Waals surface area contributed by atoms with Crippen molar-refractivity contribution in [3.63, 3.8) is 0 Å². The van der Waals surface area contributed by atoms with Crippen LogP contribution in [0.25, 0.3) is 11.3 Å². The third-order valence-electron chi connectivity index (χ3n) is 6.46. The van der Waals surface area contributed by atoms with Crippen molar-refractivity contribution < 1.29 is 18.8 Å². The van der Waals surface area contributed by atoms with E-state index in [2.05, 4.69) is 10.2 Å². The first-order valence-corrected chi connectivity index (χ1v) is 12.0. The van der Waals surface area contributed by atoms with Crippen LogP contribution in [0.4, 0.5) is 4.39 Å². The number of imide groups is 1. The van der Waals surface area contributed by atoms with E-state index in [4.69, 9.17) is 0 Å².